The van der Waals surface area contributed by atoms with Crippen LogP contribution in [0.15, 0.2) is 54.6 Å². The molecule has 5 rings (SSSR count). The Bertz CT molecular complexity index is 1860. The van der Waals surface area contributed by atoms with E-state index in [0.29, 0.717) is 16.6 Å². The minimum Gasteiger partial charge on any atom is -0.456 e. The highest BCUT2D eigenvalue weighted by Gasteiger charge is 2.22. The molecular weight excluding hydrogens is 663 g/mol. The lowest BCUT2D eigenvalue weighted by molar-refractivity contribution is 0.475. The van der Waals surface area contributed by atoms with Crippen molar-refractivity contribution in [1.82, 2.24) is 0 Å². The molecule has 0 saturated heterocycles. The maximum Gasteiger partial charge on any atom is 0.145 e. The highest BCUT2D eigenvalue weighted by atomic mass is 32.2. The summed E-state index contributed by atoms with van der Waals surface area (Å²) in [6.07, 6.45) is 10.4. The monoisotopic (exact) mass is 729 g/mol. The van der Waals surface area contributed by atoms with E-state index in [9.17, 15) is 5.26 Å². The van der Waals surface area contributed by atoms with Gasteiger partial charge in [-0.1, -0.05) is 110 Å². The lowest BCUT2D eigenvalue weighted by Gasteiger charge is -2.24. The molecule has 0 aliphatic heterocycles. The van der Waals surface area contributed by atoms with E-state index < -0.39 is 0 Å². The standard InChI is InChI=1S/C29H39NOS.C21H28/c1-20-14-25(15-21(2)22(20)3)31-28-17-24(29(4,5)6)16-23(27(28)18-30)19-32-26-12-10-8-7-9-11-13-26;1-14-8-9-20(21(5,6)7)13-19(14)12-18-10-15(2)17(4)16(3)11-18/h14-17,26H,7-13,19H2,1-6H3;8-11,13H,12H2,1-7H3. The fraction of sp³-hybridized carbons (Fsp3) is 0.500. The van der Waals surface area contributed by atoms with E-state index in [1.807, 2.05) is 11.8 Å². The van der Waals surface area contributed by atoms with Crippen molar-refractivity contribution >= 4 is 11.8 Å². The highest BCUT2D eigenvalue weighted by molar-refractivity contribution is 7.99. The summed E-state index contributed by atoms with van der Waals surface area (Å²) in [5.41, 5.74) is 16.8. The molecule has 284 valence electrons. The maximum atomic E-state index is 10.1. The Morgan fingerprint density at radius 2 is 1.13 bits per heavy atom. The van der Waals surface area contributed by atoms with E-state index in [4.69, 9.17) is 4.74 Å². The summed E-state index contributed by atoms with van der Waals surface area (Å²) in [5.74, 6) is 2.38. The Kier molecular flexibility index (Phi) is 14.5. The van der Waals surface area contributed by atoms with Crippen molar-refractivity contribution in [1.29, 1.82) is 5.26 Å². The number of hydrogen-bond acceptors (Lipinski definition) is 3. The lowest BCUT2D eigenvalue weighted by atomic mass is 9.84. The van der Waals surface area contributed by atoms with Gasteiger partial charge in [0.1, 0.15) is 17.6 Å². The third kappa shape index (κ3) is 11.8. The minimum absolute atomic E-state index is 0.00907. The Morgan fingerprint density at radius 3 is 1.66 bits per heavy atom. The molecule has 0 atom stereocenters. The minimum atomic E-state index is -0.00907. The number of benzene rings is 4. The normalized spacial score (nSPS) is 14.1. The van der Waals surface area contributed by atoms with Gasteiger partial charge in [-0.25, -0.2) is 0 Å². The SMILES string of the molecule is Cc1cc(Oc2cc(C(C)(C)C)cc(CSC3CCCCCCC3)c2C#N)cc(C)c1C.Cc1ccc(C(C)(C)C)cc1Cc1cc(C)c(C)c(C)c1. The zero-order valence-electron chi connectivity index (χ0n) is 35.4. The van der Waals surface area contributed by atoms with Gasteiger partial charge in [-0.3, -0.25) is 0 Å². The quantitative estimate of drug-likeness (QED) is 0.190. The maximum absolute atomic E-state index is 10.1. The fourth-order valence-electron chi connectivity index (χ4n) is 7.18. The molecule has 1 aliphatic rings. The number of ether oxygens (including phenoxy) is 1. The van der Waals surface area contributed by atoms with Crippen LogP contribution in [-0.2, 0) is 23.0 Å². The van der Waals surface area contributed by atoms with Crippen molar-refractivity contribution in [2.45, 2.75) is 163 Å². The molecule has 3 heteroatoms. The first-order chi connectivity index (χ1) is 24.9. The van der Waals surface area contributed by atoms with Crippen LogP contribution in [0.4, 0.5) is 0 Å². The van der Waals surface area contributed by atoms with Crippen LogP contribution < -0.4 is 4.74 Å². The molecule has 0 N–H and O–H groups in total. The molecule has 1 fully saturated rings. The average molecular weight is 730 g/mol. The molecule has 4 aromatic rings. The Labute approximate surface area is 328 Å². The predicted molar refractivity (Wildman–Crippen MR) is 231 cm³/mol. The van der Waals surface area contributed by atoms with Gasteiger partial charge in [0.15, 0.2) is 0 Å². The molecule has 1 aliphatic carbocycles. The Hall–Kier alpha value is -3.48. The molecule has 0 amide bonds. The van der Waals surface area contributed by atoms with Gasteiger partial charge in [0.25, 0.3) is 0 Å². The number of aryl methyl sites for hydroxylation is 5. The summed E-state index contributed by atoms with van der Waals surface area (Å²) in [4.78, 5) is 0. The second-order valence-corrected chi connectivity index (χ2v) is 19.1. The summed E-state index contributed by atoms with van der Waals surface area (Å²) in [7, 11) is 0. The van der Waals surface area contributed by atoms with Crippen molar-refractivity contribution < 1.29 is 4.74 Å². The van der Waals surface area contributed by atoms with Gasteiger partial charge in [0.05, 0.1) is 5.56 Å². The fourth-order valence-corrected chi connectivity index (χ4v) is 8.49. The van der Waals surface area contributed by atoms with E-state index in [1.165, 1.54) is 106 Å². The van der Waals surface area contributed by atoms with Crippen LogP contribution >= 0.6 is 11.8 Å². The topological polar surface area (TPSA) is 33.0 Å². The molecule has 1 saturated carbocycles. The van der Waals surface area contributed by atoms with E-state index in [2.05, 4.69) is 151 Å². The third-order valence-corrected chi connectivity index (χ3v) is 12.8. The van der Waals surface area contributed by atoms with E-state index in [-0.39, 0.29) is 10.8 Å². The molecule has 0 bridgehead atoms. The molecule has 0 spiro atoms. The van der Waals surface area contributed by atoms with Crippen LogP contribution in [0.25, 0.3) is 0 Å². The number of nitriles is 1. The zero-order chi connectivity index (χ0) is 39.1. The van der Waals surface area contributed by atoms with Gasteiger partial charge >= 0.3 is 0 Å². The van der Waals surface area contributed by atoms with E-state index in [1.54, 1.807) is 0 Å². The summed E-state index contributed by atoms with van der Waals surface area (Å²) in [5, 5.41) is 10.8. The average Bonchev–Trinajstić information content (AvgIpc) is 3.05. The Balaban J connectivity index is 0.000000258. The van der Waals surface area contributed by atoms with Crippen LogP contribution in [0.3, 0.4) is 0 Å². The largest absolute Gasteiger partial charge is 0.456 e. The molecule has 0 unspecified atom stereocenters. The van der Waals surface area contributed by atoms with Crippen molar-refractivity contribution in [3.63, 3.8) is 0 Å². The van der Waals surface area contributed by atoms with E-state index in [0.717, 1.165) is 23.5 Å². The summed E-state index contributed by atoms with van der Waals surface area (Å²) >= 11 is 2.04. The molecule has 4 aromatic carbocycles. The second-order valence-electron chi connectivity index (χ2n) is 17.9. The number of thioether (sulfide) groups is 1. The summed E-state index contributed by atoms with van der Waals surface area (Å²) < 4.78 is 6.39. The second kappa shape index (κ2) is 18.2. The van der Waals surface area contributed by atoms with Crippen LogP contribution in [0.2, 0.25) is 0 Å². The van der Waals surface area contributed by atoms with Gasteiger partial charge in [-0.05, 0) is 164 Å². The molecule has 2 nitrogen and oxygen atoms in total. The van der Waals surface area contributed by atoms with Gasteiger partial charge < -0.3 is 4.74 Å². The first-order valence-electron chi connectivity index (χ1n) is 20.0. The number of nitrogens with zero attached hydrogens (tertiary/aromatic N) is 1. The molecule has 0 aromatic heterocycles. The zero-order valence-corrected chi connectivity index (χ0v) is 36.2. The van der Waals surface area contributed by atoms with Crippen LogP contribution in [0.5, 0.6) is 11.5 Å². The molecule has 0 radical (unpaired) electrons. The Morgan fingerprint density at radius 1 is 0.623 bits per heavy atom. The van der Waals surface area contributed by atoms with Gasteiger partial charge in [0.2, 0.25) is 0 Å². The summed E-state index contributed by atoms with van der Waals surface area (Å²) in [6, 6.07) is 22.6. The summed E-state index contributed by atoms with van der Waals surface area (Å²) in [6.45, 7) is 28.7. The number of hydrogen-bond donors (Lipinski definition) is 0. The first kappa shape index (κ1) is 42.3. The van der Waals surface area contributed by atoms with Crippen LogP contribution in [0.1, 0.15) is 159 Å². The van der Waals surface area contributed by atoms with Gasteiger partial charge in [-0.2, -0.15) is 17.0 Å². The van der Waals surface area contributed by atoms with Crippen LogP contribution in [0, 0.1) is 59.8 Å². The molecule has 53 heavy (non-hydrogen) atoms. The third-order valence-electron chi connectivity index (χ3n) is 11.4. The lowest BCUT2D eigenvalue weighted by Crippen LogP contribution is -2.13. The molecular formula is C50H67NOS. The van der Waals surface area contributed by atoms with Crippen LogP contribution in [-0.4, -0.2) is 5.25 Å². The van der Waals surface area contributed by atoms with Crippen molar-refractivity contribution in [3.05, 3.63) is 127 Å². The van der Waals surface area contributed by atoms with Gasteiger partial charge in [-0.15, -0.1) is 0 Å². The van der Waals surface area contributed by atoms with Crippen molar-refractivity contribution in [2.75, 3.05) is 0 Å². The van der Waals surface area contributed by atoms with E-state index >= 15 is 0 Å². The highest BCUT2D eigenvalue weighted by Crippen LogP contribution is 2.38. The van der Waals surface area contributed by atoms with Gasteiger partial charge in [0, 0.05) is 11.0 Å². The number of rotatable bonds is 7. The molecule has 0 heterocycles. The van der Waals surface area contributed by atoms with Crippen molar-refractivity contribution in [3.8, 4) is 17.6 Å². The predicted octanol–water partition coefficient (Wildman–Crippen LogP) is 14.7. The smallest absolute Gasteiger partial charge is 0.145 e. The van der Waals surface area contributed by atoms with Crippen molar-refractivity contribution in [2.24, 2.45) is 0 Å². The first-order valence-corrected chi connectivity index (χ1v) is 21.0.